The van der Waals surface area contributed by atoms with Crippen molar-refractivity contribution >= 4 is 12.2 Å². The lowest BCUT2D eigenvalue weighted by Crippen LogP contribution is -2.33. The van der Waals surface area contributed by atoms with Crippen molar-refractivity contribution in [1.82, 2.24) is 14.9 Å². The predicted molar refractivity (Wildman–Crippen MR) is 210 cm³/mol. The summed E-state index contributed by atoms with van der Waals surface area (Å²) in [6, 6.07) is 2.11. The van der Waals surface area contributed by atoms with Gasteiger partial charge < -0.3 is 33.7 Å². The van der Waals surface area contributed by atoms with Crippen LogP contribution in [-0.2, 0) is 19.0 Å². The lowest BCUT2D eigenvalue weighted by Gasteiger charge is -2.28. The molecule has 1 fully saturated rings. The number of aromatic nitrogens is 2. The van der Waals surface area contributed by atoms with Gasteiger partial charge >= 0.3 is 6.01 Å². The molecule has 0 bridgehead atoms. The van der Waals surface area contributed by atoms with Gasteiger partial charge in [-0.2, -0.15) is 4.58 Å². The van der Waals surface area contributed by atoms with Gasteiger partial charge in [0, 0.05) is 37.9 Å². The van der Waals surface area contributed by atoms with Crippen LogP contribution in [0.25, 0.3) is 0 Å². The summed E-state index contributed by atoms with van der Waals surface area (Å²) in [6.07, 6.45) is 38.3. The first-order chi connectivity index (χ1) is 26.1. The number of nitrogens with zero attached hydrogens (tertiary/aromatic N) is 4. The zero-order chi connectivity index (χ0) is 37.4. The molecule has 1 unspecified atom stereocenters. The molecule has 0 radical (unpaired) electrons. The number of carboxylic acids is 1. The number of carboxylic acid groups (broad SMARTS) is 1. The molecule has 53 heavy (non-hydrogen) atoms. The first-order valence-electron chi connectivity index (χ1n) is 21.5. The van der Waals surface area contributed by atoms with E-state index in [-0.39, 0.29) is 12.0 Å². The number of carbonyl (C=O) groups is 1. The highest BCUT2D eigenvalue weighted by atomic mass is 16.6. The Hall–Kier alpha value is -2.56. The predicted octanol–water partition coefficient (Wildman–Crippen LogP) is 8.09. The monoisotopic (exact) mass is 743 g/mol. The van der Waals surface area contributed by atoms with Crippen LogP contribution in [-0.4, -0.2) is 90.6 Å². The molecule has 1 saturated carbocycles. The van der Waals surface area contributed by atoms with Crippen LogP contribution in [0.5, 0.6) is 6.01 Å². The number of hydrogen-bond donors (Lipinski definition) is 0. The van der Waals surface area contributed by atoms with E-state index in [2.05, 4.69) is 45.0 Å². The van der Waals surface area contributed by atoms with Crippen LogP contribution < -0.4 is 9.84 Å². The zero-order valence-corrected chi connectivity index (χ0v) is 33.4. The van der Waals surface area contributed by atoms with Crippen molar-refractivity contribution in [2.45, 2.75) is 161 Å². The molecule has 0 N–H and O–H groups in total. The number of unbranched alkanes of at least 4 members (excludes halogenated alkanes) is 16. The molecule has 0 spiro atoms. The molecule has 0 aromatic carbocycles. The fraction of sp³-hybridized carbons (Fsp3) is 0.814. The van der Waals surface area contributed by atoms with Crippen molar-refractivity contribution < 1.29 is 33.4 Å². The smallest absolute Gasteiger partial charge is 0.316 e. The van der Waals surface area contributed by atoms with Crippen LogP contribution in [0.15, 0.2) is 30.9 Å². The molecular formula is C43H74N4O6. The van der Waals surface area contributed by atoms with Crippen LogP contribution in [0.2, 0.25) is 0 Å². The quantitative estimate of drug-likeness (QED) is 0.0511. The van der Waals surface area contributed by atoms with Crippen LogP contribution in [0.3, 0.4) is 0 Å². The molecule has 10 heteroatoms. The highest BCUT2D eigenvalue weighted by Crippen LogP contribution is 2.31. The van der Waals surface area contributed by atoms with Crippen molar-refractivity contribution in [1.29, 1.82) is 0 Å². The molecule has 0 amide bonds. The maximum Gasteiger partial charge on any atom is 0.316 e. The molecule has 2 aliphatic rings. The van der Waals surface area contributed by atoms with Crippen LogP contribution in [0.4, 0.5) is 0 Å². The fourth-order valence-electron chi connectivity index (χ4n) is 7.29. The van der Waals surface area contributed by atoms with Gasteiger partial charge in [-0.25, -0.2) is 9.97 Å². The van der Waals surface area contributed by atoms with Crippen molar-refractivity contribution in [3.8, 4) is 6.01 Å². The molecular weight excluding hydrogens is 668 g/mol. The molecule has 1 aliphatic carbocycles. The summed E-state index contributed by atoms with van der Waals surface area (Å²) < 4.78 is 25.9. The summed E-state index contributed by atoms with van der Waals surface area (Å²) in [5.74, 6) is -0.439. The van der Waals surface area contributed by atoms with Gasteiger partial charge in [0.2, 0.25) is 6.67 Å². The van der Waals surface area contributed by atoms with Crippen molar-refractivity contribution in [2.24, 2.45) is 11.8 Å². The number of hydrogen-bond acceptors (Lipinski definition) is 9. The Kier molecular flexibility index (Phi) is 26.0. The standard InChI is InChI=1S/C43H74N4O6/c1-2-3-4-5-6-7-8-9-10-11-12-13-14-15-16-19-32-51-36-41(53-43-44-26-20-27-45-43)37-52-35-34-50-33-31-47-30-29-46(38-47)28-18-17-21-39-22-24-40(25-23-39)42(48)49/h20,26-30,39-41H,2-19,21-25,31-38H2,1H3. The number of ether oxygens (including phenoxy) is 4. The van der Waals surface area contributed by atoms with E-state index < -0.39 is 5.97 Å². The van der Waals surface area contributed by atoms with E-state index >= 15 is 0 Å². The summed E-state index contributed by atoms with van der Waals surface area (Å²) in [5.41, 5.74) is 0. The van der Waals surface area contributed by atoms with Gasteiger partial charge in [-0.15, -0.1) is 0 Å². The largest absolute Gasteiger partial charge is 0.550 e. The van der Waals surface area contributed by atoms with E-state index in [9.17, 15) is 9.90 Å². The minimum Gasteiger partial charge on any atom is -0.550 e. The Morgan fingerprint density at radius 1 is 0.792 bits per heavy atom. The normalized spacial score (nSPS) is 18.6. The molecule has 3 rings (SSSR count). The third-order valence-corrected chi connectivity index (χ3v) is 10.6. The van der Waals surface area contributed by atoms with E-state index in [0.717, 1.165) is 64.8 Å². The van der Waals surface area contributed by atoms with E-state index in [0.29, 0.717) is 45.0 Å². The fourth-order valence-corrected chi connectivity index (χ4v) is 7.29. The molecule has 2 heterocycles. The summed E-state index contributed by atoms with van der Waals surface area (Å²) in [7, 11) is 0. The Morgan fingerprint density at radius 3 is 2.00 bits per heavy atom. The van der Waals surface area contributed by atoms with Gasteiger partial charge in [-0.05, 0) is 62.8 Å². The molecule has 0 saturated heterocycles. The Balaban J connectivity index is 1.13. The minimum atomic E-state index is -0.869. The van der Waals surface area contributed by atoms with Crippen molar-refractivity contribution in [3.63, 3.8) is 0 Å². The second kappa shape index (κ2) is 30.7. The average molecular weight is 743 g/mol. The maximum atomic E-state index is 11.0. The van der Waals surface area contributed by atoms with E-state index in [4.69, 9.17) is 18.9 Å². The Labute approximate surface area is 322 Å². The van der Waals surface area contributed by atoms with E-state index in [1.54, 1.807) is 18.5 Å². The minimum absolute atomic E-state index is 0.231. The second-order valence-corrected chi connectivity index (χ2v) is 15.3. The van der Waals surface area contributed by atoms with Gasteiger partial charge in [-0.3, -0.25) is 0 Å². The maximum absolute atomic E-state index is 11.0. The number of carbonyl (C=O) groups excluding carboxylic acids is 1. The Morgan fingerprint density at radius 2 is 1.38 bits per heavy atom. The van der Waals surface area contributed by atoms with Crippen LogP contribution in [0.1, 0.15) is 155 Å². The van der Waals surface area contributed by atoms with Crippen molar-refractivity contribution in [2.75, 3.05) is 52.9 Å². The van der Waals surface area contributed by atoms with Gasteiger partial charge in [0.05, 0.1) is 39.2 Å². The summed E-state index contributed by atoms with van der Waals surface area (Å²) in [4.78, 5) is 21.7. The topological polar surface area (TPSA) is 109 Å². The van der Waals surface area contributed by atoms with Gasteiger partial charge in [0.1, 0.15) is 12.3 Å². The Bertz CT molecular complexity index is 1080. The molecule has 302 valence electrons. The number of aliphatic carboxylic acids is 1. The third-order valence-electron chi connectivity index (χ3n) is 10.6. The highest BCUT2D eigenvalue weighted by Gasteiger charge is 2.22. The first-order valence-corrected chi connectivity index (χ1v) is 21.5. The SMILES string of the molecule is CCCCCCCCCCCCCCCCCCOCC(COCCOCCN1C=C[N+](=CCCCC2CCC(C(=O)[O-])CC2)C1)Oc1ncccn1. The van der Waals surface area contributed by atoms with Crippen LogP contribution >= 0.6 is 0 Å². The summed E-state index contributed by atoms with van der Waals surface area (Å²) in [6.45, 7) is 7.16. The number of rotatable bonds is 34. The lowest BCUT2D eigenvalue weighted by molar-refractivity contribution is -0.460. The lowest BCUT2D eigenvalue weighted by atomic mass is 9.80. The summed E-state index contributed by atoms with van der Waals surface area (Å²) >= 11 is 0. The summed E-state index contributed by atoms with van der Waals surface area (Å²) in [5, 5.41) is 11.0. The third kappa shape index (κ3) is 23.1. The van der Waals surface area contributed by atoms with Crippen LogP contribution in [0, 0.1) is 11.8 Å². The van der Waals surface area contributed by atoms with Gasteiger partial charge in [0.15, 0.2) is 6.20 Å². The molecule has 1 aliphatic heterocycles. The van der Waals surface area contributed by atoms with E-state index in [1.165, 1.54) is 103 Å². The zero-order valence-electron chi connectivity index (χ0n) is 33.4. The molecule has 1 aromatic heterocycles. The first kappa shape index (κ1) is 44.8. The van der Waals surface area contributed by atoms with E-state index in [1.807, 2.05) is 0 Å². The van der Waals surface area contributed by atoms with Gasteiger partial charge in [0.25, 0.3) is 0 Å². The second-order valence-electron chi connectivity index (χ2n) is 15.3. The average Bonchev–Trinajstić information content (AvgIpc) is 3.63. The molecule has 1 atom stereocenters. The molecule has 10 nitrogen and oxygen atoms in total. The highest BCUT2D eigenvalue weighted by molar-refractivity contribution is 5.67. The van der Waals surface area contributed by atoms with Gasteiger partial charge in [-0.1, -0.05) is 103 Å². The van der Waals surface area contributed by atoms with Crippen molar-refractivity contribution in [3.05, 3.63) is 30.9 Å². The molecule has 1 aromatic rings.